The molecule has 1 aliphatic rings. The van der Waals surface area contributed by atoms with E-state index in [4.69, 9.17) is 21.1 Å². The lowest BCUT2D eigenvalue weighted by Gasteiger charge is -2.05. The molecule has 0 aliphatic carbocycles. The van der Waals surface area contributed by atoms with Crippen LogP contribution in [0.5, 0.6) is 5.75 Å². The minimum atomic E-state index is -0.520. The third kappa shape index (κ3) is 5.31. The van der Waals surface area contributed by atoms with E-state index in [2.05, 4.69) is 11.9 Å². The molecule has 2 aromatic rings. The lowest BCUT2D eigenvalue weighted by atomic mass is 10.2. The Morgan fingerprint density at radius 1 is 1.15 bits per heavy atom. The molecule has 138 valence electrons. The lowest BCUT2D eigenvalue weighted by molar-refractivity contribution is -0.130. The molecular weight excluding hydrogens is 362 g/mol. The molecule has 4 nitrogen and oxygen atoms in total. The molecule has 0 bridgehead atoms. The summed E-state index contributed by atoms with van der Waals surface area (Å²) in [6.45, 7) is 2.80. The highest BCUT2D eigenvalue weighted by Gasteiger charge is 2.24. The van der Waals surface area contributed by atoms with Crippen LogP contribution in [0.1, 0.15) is 30.9 Å². The molecule has 1 aliphatic heterocycles. The topological polar surface area (TPSA) is 47.9 Å². The summed E-state index contributed by atoms with van der Waals surface area (Å²) < 4.78 is 10.9. The summed E-state index contributed by atoms with van der Waals surface area (Å²) in [5, 5.41) is 0.401. The number of rotatable bonds is 7. The first-order chi connectivity index (χ1) is 13.2. The second-order valence-corrected chi connectivity index (χ2v) is 6.44. The van der Waals surface area contributed by atoms with Gasteiger partial charge in [-0.2, -0.15) is 0 Å². The molecule has 0 aromatic heterocycles. The first-order valence-electron chi connectivity index (χ1n) is 8.84. The van der Waals surface area contributed by atoms with E-state index in [1.807, 2.05) is 54.6 Å². The van der Waals surface area contributed by atoms with E-state index in [0.717, 1.165) is 24.2 Å². The zero-order valence-electron chi connectivity index (χ0n) is 15.0. The summed E-state index contributed by atoms with van der Waals surface area (Å²) in [6.07, 6.45) is 5.36. The molecule has 0 radical (unpaired) electrons. The monoisotopic (exact) mass is 381 g/mol. The van der Waals surface area contributed by atoms with Gasteiger partial charge in [0.05, 0.1) is 6.61 Å². The molecule has 3 rings (SSSR count). The van der Waals surface area contributed by atoms with Crippen LogP contribution >= 0.6 is 11.6 Å². The number of unbranched alkanes of at least 4 members (excludes halogenated alkanes) is 1. The van der Waals surface area contributed by atoms with Crippen molar-refractivity contribution in [2.75, 3.05) is 6.61 Å². The number of carbonyl (C=O) groups excluding carboxylic acids is 1. The number of cyclic esters (lactones) is 1. The molecule has 5 heteroatoms. The Morgan fingerprint density at radius 3 is 2.59 bits per heavy atom. The highest BCUT2D eigenvalue weighted by Crippen LogP contribution is 2.22. The minimum absolute atomic E-state index is 0.172. The number of carbonyl (C=O) groups is 1. The van der Waals surface area contributed by atoms with Crippen molar-refractivity contribution < 1.29 is 14.3 Å². The van der Waals surface area contributed by atoms with Crippen LogP contribution in [0.2, 0.25) is 0 Å². The molecule has 0 N–H and O–H groups in total. The van der Waals surface area contributed by atoms with Crippen molar-refractivity contribution >= 4 is 29.5 Å². The van der Waals surface area contributed by atoms with Crippen molar-refractivity contribution in [1.82, 2.24) is 0 Å². The SMILES string of the molecule is CCCCOc1ccc(C2=NC(=CC(Cl)=Cc3ccccc3)C(=O)O2)cc1. The summed E-state index contributed by atoms with van der Waals surface area (Å²) in [7, 11) is 0. The van der Waals surface area contributed by atoms with Crippen molar-refractivity contribution in [3.63, 3.8) is 0 Å². The van der Waals surface area contributed by atoms with Gasteiger partial charge < -0.3 is 9.47 Å². The van der Waals surface area contributed by atoms with Gasteiger partial charge in [0.2, 0.25) is 5.90 Å². The fourth-order valence-corrected chi connectivity index (χ4v) is 2.67. The van der Waals surface area contributed by atoms with E-state index in [-0.39, 0.29) is 11.6 Å². The van der Waals surface area contributed by atoms with Gasteiger partial charge in [0, 0.05) is 10.6 Å². The van der Waals surface area contributed by atoms with Crippen LogP contribution in [0.15, 0.2) is 76.4 Å². The maximum atomic E-state index is 12.1. The predicted octanol–water partition coefficient (Wildman–Crippen LogP) is 5.33. The van der Waals surface area contributed by atoms with Gasteiger partial charge in [-0.15, -0.1) is 0 Å². The minimum Gasteiger partial charge on any atom is -0.494 e. The quantitative estimate of drug-likeness (QED) is 0.370. The Balaban J connectivity index is 1.73. The second-order valence-electron chi connectivity index (χ2n) is 6.00. The number of hydrogen-bond donors (Lipinski definition) is 0. The molecule has 0 saturated heterocycles. The average Bonchev–Trinajstić information content (AvgIpc) is 3.03. The third-order valence-electron chi connectivity index (χ3n) is 3.87. The third-order valence-corrected chi connectivity index (χ3v) is 4.09. The Hall–Kier alpha value is -2.85. The summed E-state index contributed by atoms with van der Waals surface area (Å²) in [5.41, 5.74) is 1.82. The predicted molar refractivity (Wildman–Crippen MR) is 108 cm³/mol. The van der Waals surface area contributed by atoms with Crippen molar-refractivity contribution in [1.29, 1.82) is 0 Å². The number of benzene rings is 2. The number of esters is 1. The first kappa shape index (κ1) is 18.9. The number of halogens is 1. The van der Waals surface area contributed by atoms with Crippen LogP contribution in [0.3, 0.4) is 0 Å². The number of ether oxygens (including phenoxy) is 2. The molecule has 0 amide bonds. The zero-order valence-corrected chi connectivity index (χ0v) is 15.8. The Labute approximate surface area is 163 Å². The maximum absolute atomic E-state index is 12.1. The van der Waals surface area contributed by atoms with E-state index >= 15 is 0 Å². The van der Waals surface area contributed by atoms with E-state index in [9.17, 15) is 4.79 Å². The fourth-order valence-electron chi connectivity index (χ4n) is 2.44. The van der Waals surface area contributed by atoms with Gasteiger partial charge in [0.15, 0.2) is 5.70 Å². The van der Waals surface area contributed by atoms with Gasteiger partial charge in [-0.25, -0.2) is 9.79 Å². The summed E-state index contributed by atoms with van der Waals surface area (Å²) in [6, 6.07) is 16.9. The smallest absolute Gasteiger partial charge is 0.363 e. The largest absolute Gasteiger partial charge is 0.494 e. The molecule has 0 unspecified atom stereocenters. The molecule has 0 spiro atoms. The van der Waals surface area contributed by atoms with Gasteiger partial charge in [0.25, 0.3) is 0 Å². The first-order valence-corrected chi connectivity index (χ1v) is 9.21. The van der Waals surface area contributed by atoms with E-state index in [1.54, 1.807) is 6.08 Å². The average molecular weight is 382 g/mol. The van der Waals surface area contributed by atoms with Crippen LogP contribution in [0.25, 0.3) is 6.08 Å². The van der Waals surface area contributed by atoms with Gasteiger partial charge >= 0.3 is 5.97 Å². The van der Waals surface area contributed by atoms with Crippen LogP contribution < -0.4 is 4.74 Å². The number of aliphatic imine (C=N–C) groups is 1. The van der Waals surface area contributed by atoms with Crippen LogP contribution in [0.4, 0.5) is 0 Å². The molecule has 2 aromatic carbocycles. The van der Waals surface area contributed by atoms with E-state index in [1.165, 1.54) is 6.08 Å². The van der Waals surface area contributed by atoms with E-state index < -0.39 is 5.97 Å². The highest BCUT2D eigenvalue weighted by atomic mass is 35.5. The van der Waals surface area contributed by atoms with Crippen LogP contribution in [0, 0.1) is 0 Å². The van der Waals surface area contributed by atoms with Gasteiger partial charge in [-0.05, 0) is 48.4 Å². The molecule has 0 saturated carbocycles. The van der Waals surface area contributed by atoms with Crippen molar-refractivity contribution in [3.8, 4) is 5.75 Å². The zero-order chi connectivity index (χ0) is 19.1. The number of allylic oxidation sites excluding steroid dienone is 2. The van der Waals surface area contributed by atoms with Crippen molar-refractivity contribution in [3.05, 3.63) is 82.5 Å². The van der Waals surface area contributed by atoms with Crippen LogP contribution in [-0.4, -0.2) is 18.5 Å². The number of nitrogens with zero attached hydrogens (tertiary/aromatic N) is 1. The van der Waals surface area contributed by atoms with E-state index in [0.29, 0.717) is 17.2 Å². The fraction of sp³-hybridized carbons (Fsp3) is 0.182. The standard InChI is InChI=1S/C22H20ClNO3/c1-2-3-13-26-19-11-9-17(10-12-19)21-24-20(22(25)27-21)15-18(23)14-16-7-5-4-6-8-16/h4-12,14-15H,2-3,13H2,1H3. The molecule has 27 heavy (non-hydrogen) atoms. The Kier molecular flexibility index (Phi) is 6.44. The van der Waals surface area contributed by atoms with Crippen LogP contribution in [-0.2, 0) is 9.53 Å². The summed E-state index contributed by atoms with van der Waals surface area (Å²) in [5.74, 6) is 0.519. The van der Waals surface area contributed by atoms with Gasteiger partial charge in [-0.1, -0.05) is 55.3 Å². The van der Waals surface area contributed by atoms with Gasteiger partial charge in [-0.3, -0.25) is 0 Å². The molecule has 0 fully saturated rings. The normalized spacial score (nSPS) is 15.6. The molecular formula is C22H20ClNO3. The summed E-state index contributed by atoms with van der Waals surface area (Å²) in [4.78, 5) is 16.3. The second kappa shape index (κ2) is 9.19. The van der Waals surface area contributed by atoms with Gasteiger partial charge in [0.1, 0.15) is 5.75 Å². The Bertz CT molecular complexity index is 884. The highest BCUT2D eigenvalue weighted by molar-refractivity contribution is 6.33. The van der Waals surface area contributed by atoms with Crippen molar-refractivity contribution in [2.45, 2.75) is 19.8 Å². The maximum Gasteiger partial charge on any atom is 0.363 e. The van der Waals surface area contributed by atoms with Crippen molar-refractivity contribution in [2.24, 2.45) is 4.99 Å². The molecule has 0 atom stereocenters. The summed E-state index contributed by atoms with van der Waals surface area (Å²) >= 11 is 6.23. The number of hydrogen-bond acceptors (Lipinski definition) is 4. The molecule has 1 heterocycles. The Morgan fingerprint density at radius 2 is 1.89 bits per heavy atom. The lowest BCUT2D eigenvalue weighted by Crippen LogP contribution is -2.05.